The molecule has 0 bridgehead atoms. The van der Waals surface area contributed by atoms with Gasteiger partial charge in [-0.15, -0.1) is 0 Å². The van der Waals surface area contributed by atoms with Gasteiger partial charge in [-0.05, 0) is 29.5 Å². The molecular weight excluding hydrogens is 234 g/mol. The van der Waals surface area contributed by atoms with Crippen molar-refractivity contribution < 1.29 is 5.11 Å². The maximum absolute atomic E-state index is 9.42. The fourth-order valence-electron chi connectivity index (χ4n) is 2.26. The van der Waals surface area contributed by atoms with Crippen molar-refractivity contribution in [3.8, 4) is 0 Å². The third-order valence-corrected chi connectivity index (χ3v) is 3.58. The van der Waals surface area contributed by atoms with Crippen LogP contribution in [0.25, 0.3) is 0 Å². The molecule has 2 nitrogen and oxygen atoms in total. The summed E-state index contributed by atoms with van der Waals surface area (Å²) in [6.45, 7) is 14.1. The molecule has 1 aromatic carbocycles. The lowest BCUT2D eigenvalue weighted by atomic mass is 9.86. The van der Waals surface area contributed by atoms with E-state index in [1.54, 1.807) is 0 Å². The first kappa shape index (κ1) is 16.0. The second-order valence-electron chi connectivity index (χ2n) is 7.43. The molecule has 0 aliphatic heterocycles. The van der Waals surface area contributed by atoms with Crippen LogP contribution >= 0.6 is 0 Å². The maximum Gasteiger partial charge on any atom is 0.0499 e. The van der Waals surface area contributed by atoms with Gasteiger partial charge >= 0.3 is 0 Å². The Bertz CT molecular complexity index is 429. The standard InChI is InChI=1S/C17H29NO/c1-13-8-9-14(16(2,3)4)10-15(13)18(7)11-17(5,6)12-19/h8-10,19H,11-12H2,1-7H3. The van der Waals surface area contributed by atoms with Gasteiger partial charge in [-0.25, -0.2) is 0 Å². The number of aliphatic hydroxyl groups excluding tert-OH is 1. The van der Waals surface area contributed by atoms with E-state index in [1.807, 2.05) is 0 Å². The SMILES string of the molecule is Cc1ccc(C(C)(C)C)cc1N(C)CC(C)(C)CO. The Morgan fingerprint density at radius 1 is 1.11 bits per heavy atom. The van der Waals surface area contributed by atoms with E-state index < -0.39 is 0 Å². The summed E-state index contributed by atoms with van der Waals surface area (Å²) in [5.74, 6) is 0. The summed E-state index contributed by atoms with van der Waals surface area (Å²) in [5, 5.41) is 9.42. The van der Waals surface area contributed by atoms with Crippen LogP contribution in [0.5, 0.6) is 0 Å². The third kappa shape index (κ3) is 4.24. The highest BCUT2D eigenvalue weighted by atomic mass is 16.3. The Morgan fingerprint density at radius 3 is 2.16 bits per heavy atom. The minimum atomic E-state index is -0.0844. The monoisotopic (exact) mass is 263 g/mol. The lowest BCUT2D eigenvalue weighted by molar-refractivity contribution is 0.165. The molecule has 1 N–H and O–H groups in total. The second-order valence-corrected chi connectivity index (χ2v) is 7.43. The first-order valence-corrected chi connectivity index (χ1v) is 7.00. The average molecular weight is 263 g/mol. The predicted octanol–water partition coefficient (Wildman–Crippen LogP) is 3.75. The molecule has 0 aliphatic rings. The third-order valence-electron chi connectivity index (χ3n) is 3.58. The van der Waals surface area contributed by atoms with Gasteiger partial charge in [0, 0.05) is 31.3 Å². The van der Waals surface area contributed by atoms with Crippen LogP contribution in [0.4, 0.5) is 5.69 Å². The highest BCUT2D eigenvalue weighted by Crippen LogP contribution is 2.30. The minimum Gasteiger partial charge on any atom is -0.396 e. The molecule has 0 unspecified atom stereocenters. The van der Waals surface area contributed by atoms with Gasteiger partial charge in [-0.3, -0.25) is 0 Å². The van der Waals surface area contributed by atoms with Gasteiger partial charge in [0.15, 0.2) is 0 Å². The van der Waals surface area contributed by atoms with Gasteiger partial charge < -0.3 is 10.0 Å². The van der Waals surface area contributed by atoms with Crippen molar-refractivity contribution in [1.29, 1.82) is 0 Å². The first-order valence-electron chi connectivity index (χ1n) is 7.00. The molecule has 108 valence electrons. The summed E-state index contributed by atoms with van der Waals surface area (Å²) in [4.78, 5) is 2.25. The van der Waals surface area contributed by atoms with Crippen molar-refractivity contribution in [2.75, 3.05) is 25.1 Å². The normalized spacial score (nSPS) is 12.6. The summed E-state index contributed by atoms with van der Waals surface area (Å²) >= 11 is 0. The van der Waals surface area contributed by atoms with Gasteiger partial charge in [0.25, 0.3) is 0 Å². The molecular formula is C17H29NO. The Labute approximate surface area is 118 Å². The lowest BCUT2D eigenvalue weighted by Gasteiger charge is -2.32. The summed E-state index contributed by atoms with van der Waals surface area (Å²) in [7, 11) is 2.10. The molecule has 0 aromatic heterocycles. The number of hydrogen-bond acceptors (Lipinski definition) is 2. The van der Waals surface area contributed by atoms with Crippen molar-refractivity contribution >= 4 is 5.69 Å². The fourth-order valence-corrected chi connectivity index (χ4v) is 2.26. The number of rotatable bonds is 4. The van der Waals surface area contributed by atoms with E-state index in [0.717, 1.165) is 6.54 Å². The van der Waals surface area contributed by atoms with E-state index in [1.165, 1.54) is 16.8 Å². The van der Waals surface area contributed by atoms with E-state index in [2.05, 4.69) is 71.7 Å². The van der Waals surface area contributed by atoms with E-state index in [4.69, 9.17) is 0 Å². The van der Waals surface area contributed by atoms with Crippen LogP contribution in [0, 0.1) is 12.3 Å². The van der Waals surface area contributed by atoms with E-state index >= 15 is 0 Å². The van der Waals surface area contributed by atoms with Crippen molar-refractivity contribution in [3.05, 3.63) is 29.3 Å². The Hall–Kier alpha value is -1.02. The summed E-state index contributed by atoms with van der Waals surface area (Å²) < 4.78 is 0. The zero-order valence-electron chi connectivity index (χ0n) is 13.5. The second kappa shape index (κ2) is 5.54. The summed E-state index contributed by atoms with van der Waals surface area (Å²) in [6.07, 6.45) is 0. The van der Waals surface area contributed by atoms with Crippen molar-refractivity contribution in [1.82, 2.24) is 0 Å². The molecule has 0 aliphatic carbocycles. The number of hydrogen-bond donors (Lipinski definition) is 1. The van der Waals surface area contributed by atoms with Gasteiger partial charge in [-0.1, -0.05) is 46.8 Å². The maximum atomic E-state index is 9.42. The van der Waals surface area contributed by atoms with Gasteiger partial charge in [0.05, 0.1) is 0 Å². The van der Waals surface area contributed by atoms with E-state index in [9.17, 15) is 5.11 Å². The van der Waals surface area contributed by atoms with Crippen molar-refractivity contribution in [3.63, 3.8) is 0 Å². The summed E-state index contributed by atoms with van der Waals surface area (Å²) in [6, 6.07) is 6.69. The molecule has 2 heteroatoms. The smallest absolute Gasteiger partial charge is 0.0499 e. The number of nitrogens with zero attached hydrogens (tertiary/aromatic N) is 1. The van der Waals surface area contributed by atoms with Crippen LogP contribution < -0.4 is 4.90 Å². The molecule has 0 saturated heterocycles. The Balaban J connectivity index is 3.06. The Morgan fingerprint density at radius 2 is 1.68 bits per heavy atom. The van der Waals surface area contributed by atoms with Gasteiger partial charge in [0.1, 0.15) is 0 Å². The number of aryl methyl sites for hydroxylation is 1. The quantitative estimate of drug-likeness (QED) is 0.894. The van der Waals surface area contributed by atoms with Gasteiger partial charge in [-0.2, -0.15) is 0 Å². The van der Waals surface area contributed by atoms with Crippen LogP contribution in [-0.4, -0.2) is 25.3 Å². The fraction of sp³-hybridized carbons (Fsp3) is 0.647. The van der Waals surface area contributed by atoms with E-state index in [-0.39, 0.29) is 17.4 Å². The van der Waals surface area contributed by atoms with E-state index in [0.29, 0.717) is 0 Å². The topological polar surface area (TPSA) is 23.5 Å². The average Bonchev–Trinajstić information content (AvgIpc) is 2.27. The molecule has 0 radical (unpaired) electrons. The molecule has 1 rings (SSSR count). The van der Waals surface area contributed by atoms with Crippen LogP contribution in [0.3, 0.4) is 0 Å². The number of benzene rings is 1. The molecule has 0 fully saturated rings. The molecule has 1 aromatic rings. The highest BCUT2D eigenvalue weighted by molar-refractivity contribution is 5.55. The molecule has 0 atom stereocenters. The van der Waals surface area contributed by atoms with Gasteiger partial charge in [0.2, 0.25) is 0 Å². The zero-order chi connectivity index (χ0) is 14.8. The molecule has 0 amide bonds. The zero-order valence-corrected chi connectivity index (χ0v) is 13.5. The van der Waals surface area contributed by atoms with Crippen LogP contribution in [0.1, 0.15) is 45.7 Å². The van der Waals surface area contributed by atoms with Crippen molar-refractivity contribution in [2.45, 2.75) is 47.0 Å². The Kier molecular flexibility index (Phi) is 4.67. The molecule has 0 saturated carbocycles. The molecule has 0 spiro atoms. The van der Waals surface area contributed by atoms with Crippen LogP contribution in [0.2, 0.25) is 0 Å². The summed E-state index contributed by atoms with van der Waals surface area (Å²) in [5.41, 5.74) is 3.97. The first-order chi connectivity index (χ1) is 8.57. The predicted molar refractivity (Wildman–Crippen MR) is 84.0 cm³/mol. The van der Waals surface area contributed by atoms with Crippen LogP contribution in [0.15, 0.2) is 18.2 Å². The lowest BCUT2D eigenvalue weighted by Crippen LogP contribution is -2.34. The molecule has 19 heavy (non-hydrogen) atoms. The minimum absolute atomic E-state index is 0.0844. The number of anilines is 1. The van der Waals surface area contributed by atoms with Crippen molar-refractivity contribution in [2.24, 2.45) is 5.41 Å². The highest BCUT2D eigenvalue weighted by Gasteiger charge is 2.21. The van der Waals surface area contributed by atoms with Crippen LogP contribution in [-0.2, 0) is 5.41 Å². The molecule has 0 heterocycles. The number of aliphatic hydroxyl groups is 1. The largest absolute Gasteiger partial charge is 0.396 e.